The Balaban J connectivity index is 1.78. The molecule has 1 fully saturated rings. The summed E-state index contributed by atoms with van der Waals surface area (Å²) in [7, 11) is 1.84. The third kappa shape index (κ3) is 3.32. The van der Waals surface area contributed by atoms with Crippen LogP contribution in [0.1, 0.15) is 47.6 Å². The molecule has 24 heavy (non-hydrogen) atoms. The van der Waals surface area contributed by atoms with E-state index in [0.29, 0.717) is 18.5 Å². The summed E-state index contributed by atoms with van der Waals surface area (Å²) in [6.45, 7) is 2.03. The molecule has 1 aromatic heterocycles. The van der Waals surface area contributed by atoms with Gasteiger partial charge in [0.1, 0.15) is 5.69 Å². The average Bonchev–Trinajstić information content (AvgIpc) is 2.98. The van der Waals surface area contributed by atoms with Crippen molar-refractivity contribution < 1.29 is 9.59 Å². The number of nitrogens with zero attached hydrogens (tertiary/aromatic N) is 2. The van der Waals surface area contributed by atoms with Crippen LogP contribution in [0.4, 0.5) is 0 Å². The van der Waals surface area contributed by atoms with E-state index in [0.717, 1.165) is 17.7 Å². The molecule has 126 valence electrons. The maximum atomic E-state index is 12.6. The summed E-state index contributed by atoms with van der Waals surface area (Å²) in [6, 6.07) is 11.2. The molecule has 0 spiro atoms. The van der Waals surface area contributed by atoms with Crippen molar-refractivity contribution in [1.82, 2.24) is 20.4 Å². The molecule has 2 aromatic rings. The number of hydrogen-bond donors (Lipinski definition) is 2. The summed E-state index contributed by atoms with van der Waals surface area (Å²) in [4.78, 5) is 24.3. The first-order valence-electron chi connectivity index (χ1n) is 8.26. The molecule has 2 N–H and O–H groups in total. The molecule has 0 aliphatic carbocycles. The molecule has 1 aliphatic heterocycles. The van der Waals surface area contributed by atoms with Crippen LogP contribution in [0.2, 0.25) is 0 Å². The highest BCUT2D eigenvalue weighted by Crippen LogP contribution is 2.24. The second kappa shape index (κ2) is 6.86. The molecular weight excluding hydrogens is 304 g/mol. The minimum absolute atomic E-state index is 0.0143. The predicted molar refractivity (Wildman–Crippen MR) is 90.4 cm³/mol. The maximum Gasteiger partial charge on any atom is 0.272 e. The summed E-state index contributed by atoms with van der Waals surface area (Å²) in [5.74, 6) is -0.187. The van der Waals surface area contributed by atoms with E-state index in [9.17, 15) is 9.59 Å². The lowest BCUT2D eigenvalue weighted by Crippen LogP contribution is -2.50. The highest BCUT2D eigenvalue weighted by Gasteiger charge is 2.31. The van der Waals surface area contributed by atoms with Crippen molar-refractivity contribution in [2.75, 3.05) is 0 Å². The van der Waals surface area contributed by atoms with Crippen LogP contribution >= 0.6 is 0 Å². The van der Waals surface area contributed by atoms with Crippen LogP contribution in [0.3, 0.4) is 0 Å². The molecule has 6 heteroatoms. The van der Waals surface area contributed by atoms with Crippen molar-refractivity contribution in [1.29, 1.82) is 0 Å². The second-order valence-corrected chi connectivity index (χ2v) is 6.07. The Bertz CT molecular complexity index is 739. The Labute approximate surface area is 141 Å². The molecule has 0 radical (unpaired) electrons. The third-order valence-corrected chi connectivity index (χ3v) is 4.45. The van der Waals surface area contributed by atoms with Gasteiger partial charge in [-0.05, 0) is 24.5 Å². The second-order valence-electron chi connectivity index (χ2n) is 6.07. The fourth-order valence-corrected chi connectivity index (χ4v) is 3.12. The van der Waals surface area contributed by atoms with Gasteiger partial charge in [-0.15, -0.1) is 0 Å². The van der Waals surface area contributed by atoms with E-state index < -0.39 is 0 Å². The zero-order valence-corrected chi connectivity index (χ0v) is 14.0. The van der Waals surface area contributed by atoms with Crippen molar-refractivity contribution in [3.8, 4) is 0 Å². The molecule has 0 bridgehead atoms. The Morgan fingerprint density at radius 2 is 2.12 bits per heavy atom. The van der Waals surface area contributed by atoms with Crippen molar-refractivity contribution in [3.05, 3.63) is 53.3 Å². The van der Waals surface area contributed by atoms with E-state index in [1.807, 2.05) is 50.4 Å². The minimum atomic E-state index is -0.217. The van der Waals surface area contributed by atoms with Gasteiger partial charge in [0.25, 0.3) is 5.91 Å². The third-order valence-electron chi connectivity index (χ3n) is 4.45. The normalized spacial score (nSPS) is 20.5. The van der Waals surface area contributed by atoms with Gasteiger partial charge < -0.3 is 10.6 Å². The number of hydrogen-bond acceptors (Lipinski definition) is 3. The van der Waals surface area contributed by atoms with Crippen LogP contribution in [0.5, 0.6) is 0 Å². The summed E-state index contributed by atoms with van der Waals surface area (Å²) in [5, 5.41) is 10.3. The van der Waals surface area contributed by atoms with E-state index in [1.165, 1.54) is 0 Å². The number of aryl methyl sites for hydroxylation is 2. The quantitative estimate of drug-likeness (QED) is 0.898. The van der Waals surface area contributed by atoms with Gasteiger partial charge in [0.2, 0.25) is 5.91 Å². The fraction of sp³-hybridized carbons (Fsp3) is 0.389. The van der Waals surface area contributed by atoms with E-state index in [4.69, 9.17) is 0 Å². The molecule has 2 heterocycles. The molecular formula is C18H22N4O2. The Hall–Kier alpha value is -2.63. The van der Waals surface area contributed by atoms with Gasteiger partial charge in [-0.1, -0.05) is 37.3 Å². The number of carbonyl (C=O) groups is 2. The van der Waals surface area contributed by atoms with Gasteiger partial charge in [-0.3, -0.25) is 14.3 Å². The van der Waals surface area contributed by atoms with Crippen molar-refractivity contribution >= 4 is 11.8 Å². The van der Waals surface area contributed by atoms with Crippen LogP contribution in [0.15, 0.2) is 36.4 Å². The number of nitrogens with one attached hydrogen (secondary N) is 2. The fourth-order valence-electron chi connectivity index (χ4n) is 3.12. The van der Waals surface area contributed by atoms with Gasteiger partial charge in [0.05, 0.1) is 12.1 Å². The molecule has 0 saturated carbocycles. The minimum Gasteiger partial charge on any atom is -0.347 e. The lowest BCUT2D eigenvalue weighted by Gasteiger charge is -2.33. The Morgan fingerprint density at radius 1 is 1.38 bits per heavy atom. The number of aromatic nitrogens is 2. The van der Waals surface area contributed by atoms with Crippen LogP contribution in [-0.2, 0) is 18.3 Å². The smallest absolute Gasteiger partial charge is 0.272 e. The first-order chi connectivity index (χ1) is 11.6. The highest BCUT2D eigenvalue weighted by atomic mass is 16.2. The SMILES string of the molecule is CCc1cc(C(=O)N[C@@H]2CCC(=O)N[C@H]2c2ccccc2)nn1C. The first kappa shape index (κ1) is 16.2. The lowest BCUT2D eigenvalue weighted by atomic mass is 9.92. The average molecular weight is 326 g/mol. The lowest BCUT2D eigenvalue weighted by molar-refractivity contribution is -0.123. The van der Waals surface area contributed by atoms with Crippen molar-refractivity contribution in [2.24, 2.45) is 7.05 Å². The predicted octanol–water partition coefficient (Wildman–Crippen LogP) is 1.73. The van der Waals surface area contributed by atoms with Gasteiger partial charge >= 0.3 is 0 Å². The number of rotatable bonds is 4. The summed E-state index contributed by atoms with van der Waals surface area (Å²) in [6.07, 6.45) is 1.85. The molecule has 1 aliphatic rings. The Morgan fingerprint density at radius 3 is 2.79 bits per heavy atom. The summed E-state index contributed by atoms with van der Waals surface area (Å²) < 4.78 is 1.73. The van der Waals surface area contributed by atoms with Gasteiger partial charge in [-0.2, -0.15) is 5.10 Å². The number of carbonyl (C=O) groups excluding carboxylic acids is 2. The first-order valence-corrected chi connectivity index (χ1v) is 8.26. The van der Waals surface area contributed by atoms with Crippen LogP contribution < -0.4 is 10.6 Å². The van der Waals surface area contributed by atoms with Gasteiger partial charge in [0.15, 0.2) is 0 Å². The van der Waals surface area contributed by atoms with Gasteiger partial charge in [0, 0.05) is 19.2 Å². The van der Waals surface area contributed by atoms with E-state index >= 15 is 0 Å². The number of piperidine rings is 1. The standard InChI is InChI=1S/C18H22N4O2/c1-3-13-11-15(21-22(13)2)18(24)19-14-9-10-16(23)20-17(14)12-7-5-4-6-8-12/h4-8,11,14,17H,3,9-10H2,1-2H3,(H,19,24)(H,20,23)/t14-,17+/m1/s1. The van der Waals surface area contributed by atoms with Crippen molar-refractivity contribution in [2.45, 2.75) is 38.3 Å². The summed E-state index contributed by atoms with van der Waals surface area (Å²) in [5.41, 5.74) is 2.42. The Kier molecular flexibility index (Phi) is 4.64. The summed E-state index contributed by atoms with van der Waals surface area (Å²) >= 11 is 0. The van der Waals surface area contributed by atoms with Crippen LogP contribution in [0.25, 0.3) is 0 Å². The van der Waals surface area contributed by atoms with Gasteiger partial charge in [-0.25, -0.2) is 0 Å². The number of benzene rings is 1. The molecule has 2 atom stereocenters. The van der Waals surface area contributed by atoms with Crippen molar-refractivity contribution in [3.63, 3.8) is 0 Å². The molecule has 1 aromatic carbocycles. The number of amides is 2. The zero-order chi connectivity index (χ0) is 17.1. The highest BCUT2D eigenvalue weighted by molar-refractivity contribution is 5.92. The zero-order valence-electron chi connectivity index (χ0n) is 14.0. The molecule has 0 unspecified atom stereocenters. The topological polar surface area (TPSA) is 76.0 Å². The largest absolute Gasteiger partial charge is 0.347 e. The van der Waals surface area contributed by atoms with E-state index in [1.54, 1.807) is 4.68 Å². The molecule has 6 nitrogen and oxygen atoms in total. The van der Waals surface area contributed by atoms with E-state index in [2.05, 4.69) is 15.7 Å². The van der Waals surface area contributed by atoms with Crippen LogP contribution in [0, 0.1) is 0 Å². The molecule has 2 amide bonds. The van der Waals surface area contributed by atoms with E-state index in [-0.39, 0.29) is 23.9 Å². The molecule has 1 saturated heterocycles. The van der Waals surface area contributed by atoms with Crippen LogP contribution in [-0.4, -0.2) is 27.6 Å². The maximum absolute atomic E-state index is 12.6. The molecule has 3 rings (SSSR count). The monoisotopic (exact) mass is 326 g/mol.